The number of carbonyl (C=O) groups excluding carboxylic acids is 1. The third-order valence-corrected chi connectivity index (χ3v) is 6.39. The molecule has 0 amide bonds. The van der Waals surface area contributed by atoms with Gasteiger partial charge in [0.1, 0.15) is 5.60 Å². The predicted molar refractivity (Wildman–Crippen MR) is 125 cm³/mol. The lowest BCUT2D eigenvalue weighted by Gasteiger charge is -2.41. The fraction of sp³-hybridized carbons (Fsp3) is 0.500. The van der Waals surface area contributed by atoms with E-state index in [0.29, 0.717) is 45.4 Å². The van der Waals surface area contributed by atoms with Crippen LogP contribution < -0.4 is 23.7 Å². The Morgan fingerprint density at radius 2 is 1.54 bits per heavy atom. The number of aliphatic hydroxyl groups is 2. The van der Waals surface area contributed by atoms with Crippen molar-refractivity contribution in [2.24, 2.45) is 11.8 Å². The zero-order valence-corrected chi connectivity index (χ0v) is 20.8. The fourth-order valence-corrected chi connectivity index (χ4v) is 4.93. The molecule has 2 aromatic rings. The van der Waals surface area contributed by atoms with Crippen LogP contribution in [0.15, 0.2) is 24.3 Å². The summed E-state index contributed by atoms with van der Waals surface area (Å²) in [5.41, 5.74) is 1.11. The monoisotopic (exact) mass is 488 g/mol. The lowest BCUT2D eigenvalue weighted by Crippen LogP contribution is -2.43. The highest BCUT2D eigenvalue weighted by Gasteiger charge is 2.49. The summed E-state index contributed by atoms with van der Waals surface area (Å²) in [7, 11) is 4.54. The Bertz CT molecular complexity index is 1080. The van der Waals surface area contributed by atoms with Crippen LogP contribution in [-0.2, 0) is 9.53 Å². The van der Waals surface area contributed by atoms with E-state index in [1.54, 1.807) is 45.0 Å². The van der Waals surface area contributed by atoms with Crippen LogP contribution in [0.2, 0.25) is 0 Å². The Morgan fingerprint density at radius 1 is 0.971 bits per heavy atom. The van der Waals surface area contributed by atoms with Gasteiger partial charge in [0.2, 0.25) is 12.5 Å². The molecule has 4 atom stereocenters. The largest absolute Gasteiger partial charge is 0.493 e. The molecule has 1 aliphatic carbocycles. The van der Waals surface area contributed by atoms with Crippen LogP contribution in [0.5, 0.6) is 28.7 Å². The standard InChI is InChI=1S/C26H32O9/c1-26(2,3)35-25(29)22-16(11-27)23(28)15-10-18-17(33-12-34-18)9-14(15)21(22)13-7-19(30-4)24(32-6)20(8-13)31-5/h7-10,16,21-23,27-28H,11-12H2,1-6H3/t16-,21+,22-,23-/m0/s1. The van der Waals surface area contributed by atoms with Crippen LogP contribution >= 0.6 is 0 Å². The van der Waals surface area contributed by atoms with Gasteiger partial charge in [-0.15, -0.1) is 0 Å². The maximum Gasteiger partial charge on any atom is 0.310 e. The van der Waals surface area contributed by atoms with Gasteiger partial charge in [-0.1, -0.05) is 0 Å². The Balaban J connectivity index is 1.98. The van der Waals surface area contributed by atoms with Crippen LogP contribution in [-0.4, -0.2) is 56.5 Å². The quantitative estimate of drug-likeness (QED) is 0.592. The number of rotatable bonds is 6. The number of aliphatic hydroxyl groups excluding tert-OH is 2. The number of carbonyl (C=O) groups is 1. The van der Waals surface area contributed by atoms with Crippen LogP contribution in [0.4, 0.5) is 0 Å². The highest BCUT2D eigenvalue weighted by molar-refractivity contribution is 5.77. The third kappa shape index (κ3) is 4.46. The van der Waals surface area contributed by atoms with Gasteiger partial charge in [-0.25, -0.2) is 0 Å². The van der Waals surface area contributed by atoms with E-state index in [1.807, 2.05) is 0 Å². The number of hydrogen-bond acceptors (Lipinski definition) is 9. The lowest BCUT2D eigenvalue weighted by molar-refractivity contribution is -0.166. The fourth-order valence-electron chi connectivity index (χ4n) is 4.93. The molecule has 9 heteroatoms. The normalized spacial score (nSPS) is 22.9. The molecule has 0 unspecified atom stereocenters. The third-order valence-electron chi connectivity index (χ3n) is 6.39. The Hall–Kier alpha value is -3.17. The van der Waals surface area contributed by atoms with Gasteiger partial charge in [0.25, 0.3) is 0 Å². The zero-order valence-electron chi connectivity index (χ0n) is 20.8. The molecule has 0 spiro atoms. The SMILES string of the molecule is COc1cc([C@@H]2c3cc4c(cc3[C@H](O)[C@@H](CO)[C@@H]2C(=O)OC(C)(C)C)OCO4)cc(OC)c1OC. The minimum atomic E-state index is -1.12. The van der Waals surface area contributed by atoms with Crippen molar-refractivity contribution >= 4 is 5.97 Å². The molecule has 0 saturated carbocycles. The highest BCUT2D eigenvalue weighted by atomic mass is 16.7. The van der Waals surface area contributed by atoms with Crippen molar-refractivity contribution in [3.05, 3.63) is 41.0 Å². The van der Waals surface area contributed by atoms with E-state index in [9.17, 15) is 15.0 Å². The van der Waals surface area contributed by atoms with Crippen LogP contribution in [0.1, 0.15) is 49.5 Å². The number of hydrogen-bond donors (Lipinski definition) is 2. The van der Waals surface area contributed by atoms with Crippen molar-refractivity contribution in [2.45, 2.75) is 38.4 Å². The molecule has 9 nitrogen and oxygen atoms in total. The summed E-state index contributed by atoms with van der Waals surface area (Å²) >= 11 is 0. The van der Waals surface area contributed by atoms with E-state index in [0.717, 1.165) is 0 Å². The minimum Gasteiger partial charge on any atom is -0.493 e. The summed E-state index contributed by atoms with van der Waals surface area (Å²) in [6.45, 7) is 4.96. The molecular formula is C26H32O9. The van der Waals surface area contributed by atoms with Gasteiger partial charge >= 0.3 is 5.97 Å². The van der Waals surface area contributed by atoms with Gasteiger partial charge < -0.3 is 38.6 Å². The topological polar surface area (TPSA) is 113 Å². The van der Waals surface area contributed by atoms with Crippen LogP contribution in [0.3, 0.4) is 0 Å². The summed E-state index contributed by atoms with van der Waals surface area (Å²) in [6, 6.07) is 7.02. The van der Waals surface area contributed by atoms with Gasteiger partial charge in [-0.05, 0) is 61.7 Å². The molecule has 190 valence electrons. The van der Waals surface area contributed by atoms with Crippen molar-refractivity contribution in [1.29, 1.82) is 0 Å². The average molecular weight is 489 g/mol. The maximum absolute atomic E-state index is 13.6. The van der Waals surface area contributed by atoms with E-state index in [1.165, 1.54) is 21.3 Å². The molecule has 0 saturated heterocycles. The molecule has 2 aromatic carbocycles. The number of benzene rings is 2. The second-order valence-corrected chi connectivity index (χ2v) is 9.62. The summed E-state index contributed by atoms with van der Waals surface area (Å²) < 4.78 is 33.5. The Morgan fingerprint density at radius 3 is 2.03 bits per heavy atom. The van der Waals surface area contributed by atoms with Crippen molar-refractivity contribution in [3.63, 3.8) is 0 Å². The van der Waals surface area contributed by atoms with Crippen molar-refractivity contribution in [2.75, 3.05) is 34.7 Å². The van der Waals surface area contributed by atoms with Crippen molar-refractivity contribution in [1.82, 2.24) is 0 Å². The molecule has 1 heterocycles. The zero-order chi connectivity index (χ0) is 25.5. The van der Waals surface area contributed by atoms with Gasteiger partial charge in [-0.2, -0.15) is 0 Å². The number of methoxy groups -OCH3 is 3. The van der Waals surface area contributed by atoms with Crippen LogP contribution in [0.25, 0.3) is 0 Å². The summed E-state index contributed by atoms with van der Waals surface area (Å²) in [5, 5.41) is 21.6. The Kier molecular flexibility index (Phi) is 6.75. The molecule has 0 aromatic heterocycles. The first-order valence-corrected chi connectivity index (χ1v) is 11.4. The molecule has 1 aliphatic heterocycles. The first kappa shape index (κ1) is 24.9. The number of esters is 1. The second kappa shape index (κ2) is 9.47. The van der Waals surface area contributed by atoms with Crippen LogP contribution in [0, 0.1) is 11.8 Å². The maximum atomic E-state index is 13.6. The molecule has 0 bridgehead atoms. The Labute approximate surface area is 204 Å². The number of fused-ring (bicyclic) bond motifs is 2. The minimum absolute atomic E-state index is 0.0576. The van der Waals surface area contributed by atoms with E-state index >= 15 is 0 Å². The molecule has 2 aliphatic rings. The smallest absolute Gasteiger partial charge is 0.310 e. The molecule has 35 heavy (non-hydrogen) atoms. The summed E-state index contributed by atoms with van der Waals surface area (Å²) in [4.78, 5) is 13.6. The van der Waals surface area contributed by atoms with Crippen molar-refractivity contribution < 1.29 is 43.4 Å². The van der Waals surface area contributed by atoms with Gasteiger partial charge in [0.05, 0.1) is 33.4 Å². The summed E-state index contributed by atoms with van der Waals surface area (Å²) in [6.07, 6.45) is -1.12. The van der Waals surface area contributed by atoms with E-state index < -0.39 is 42.0 Å². The van der Waals surface area contributed by atoms with E-state index in [2.05, 4.69) is 0 Å². The second-order valence-electron chi connectivity index (χ2n) is 9.62. The van der Waals surface area contributed by atoms with E-state index in [-0.39, 0.29) is 6.79 Å². The molecule has 4 rings (SSSR count). The lowest BCUT2D eigenvalue weighted by atomic mass is 9.65. The molecular weight excluding hydrogens is 456 g/mol. The predicted octanol–water partition coefficient (Wildman–Crippen LogP) is 3.19. The molecule has 0 fully saturated rings. The van der Waals surface area contributed by atoms with E-state index in [4.69, 9.17) is 28.4 Å². The first-order valence-electron chi connectivity index (χ1n) is 11.4. The first-order chi connectivity index (χ1) is 16.6. The average Bonchev–Trinajstić information content (AvgIpc) is 3.28. The van der Waals surface area contributed by atoms with Gasteiger partial charge in [-0.3, -0.25) is 4.79 Å². The van der Waals surface area contributed by atoms with Gasteiger partial charge in [0.15, 0.2) is 23.0 Å². The molecule has 0 radical (unpaired) electrons. The summed E-state index contributed by atoms with van der Waals surface area (Å²) in [5.74, 6) is -0.642. The highest BCUT2D eigenvalue weighted by Crippen LogP contribution is 2.54. The van der Waals surface area contributed by atoms with Crippen molar-refractivity contribution in [3.8, 4) is 28.7 Å². The molecule has 2 N–H and O–H groups in total. The van der Waals surface area contributed by atoms with Gasteiger partial charge in [0, 0.05) is 18.4 Å². The number of ether oxygens (including phenoxy) is 6.